The van der Waals surface area contributed by atoms with Crippen molar-refractivity contribution in [2.45, 2.75) is 25.0 Å². The number of nitriles is 1. The summed E-state index contributed by atoms with van der Waals surface area (Å²) >= 11 is 0. The lowest BCUT2D eigenvalue weighted by atomic mass is 9.89. The third-order valence-electron chi connectivity index (χ3n) is 2.36. The molecule has 1 heterocycles. The largest absolute Gasteiger partial charge is 0.393 e. The summed E-state index contributed by atoms with van der Waals surface area (Å²) in [5, 5.41) is 20.8. The van der Waals surface area contributed by atoms with Crippen molar-refractivity contribution < 1.29 is 5.11 Å². The molecule has 0 unspecified atom stereocenters. The summed E-state index contributed by atoms with van der Waals surface area (Å²) in [6.45, 7) is 0. The van der Waals surface area contributed by atoms with Crippen LogP contribution in [0.15, 0.2) is 18.3 Å². The number of pyridine rings is 1. The second-order valence-electron chi connectivity index (χ2n) is 3.51. The molecule has 0 radical (unpaired) electrons. The van der Waals surface area contributed by atoms with Crippen molar-refractivity contribution in [1.82, 2.24) is 4.98 Å². The monoisotopic (exact) mass is 189 g/mol. The van der Waals surface area contributed by atoms with Gasteiger partial charge in [-0.1, -0.05) is 0 Å². The number of nitrogens with one attached hydrogen (secondary N) is 1. The lowest BCUT2D eigenvalue weighted by molar-refractivity contribution is 0.0836. The minimum absolute atomic E-state index is 0.154. The number of hydrogen-bond acceptors (Lipinski definition) is 4. The van der Waals surface area contributed by atoms with Crippen molar-refractivity contribution in [1.29, 1.82) is 5.26 Å². The Hall–Kier alpha value is -1.60. The van der Waals surface area contributed by atoms with E-state index in [4.69, 9.17) is 10.4 Å². The second kappa shape index (κ2) is 3.64. The minimum Gasteiger partial charge on any atom is -0.393 e. The van der Waals surface area contributed by atoms with Crippen molar-refractivity contribution in [3.63, 3.8) is 0 Å². The number of rotatable bonds is 2. The van der Waals surface area contributed by atoms with E-state index in [0.29, 0.717) is 11.7 Å². The van der Waals surface area contributed by atoms with E-state index in [1.807, 2.05) is 12.1 Å². The van der Waals surface area contributed by atoms with Gasteiger partial charge in [0.25, 0.3) is 0 Å². The van der Waals surface area contributed by atoms with E-state index in [1.165, 1.54) is 0 Å². The van der Waals surface area contributed by atoms with Crippen LogP contribution >= 0.6 is 0 Å². The maximum atomic E-state index is 9.08. The van der Waals surface area contributed by atoms with Gasteiger partial charge in [0.05, 0.1) is 18.0 Å². The maximum Gasteiger partial charge on any atom is 0.140 e. The lowest BCUT2D eigenvalue weighted by Gasteiger charge is -2.32. The van der Waals surface area contributed by atoms with E-state index in [2.05, 4.69) is 10.3 Å². The molecule has 72 valence electrons. The van der Waals surface area contributed by atoms with E-state index in [9.17, 15) is 0 Å². The first-order chi connectivity index (χ1) is 6.78. The highest BCUT2D eigenvalue weighted by atomic mass is 16.3. The summed E-state index contributed by atoms with van der Waals surface area (Å²) in [6.07, 6.45) is 3.07. The van der Waals surface area contributed by atoms with Crippen LogP contribution < -0.4 is 5.32 Å². The van der Waals surface area contributed by atoms with E-state index in [-0.39, 0.29) is 6.10 Å². The number of hydrogen-bond donors (Lipinski definition) is 2. The van der Waals surface area contributed by atoms with Crippen LogP contribution in [0.5, 0.6) is 0 Å². The van der Waals surface area contributed by atoms with Crippen LogP contribution in [0.4, 0.5) is 5.69 Å². The molecule has 1 aliphatic rings. The number of aliphatic hydroxyl groups is 1. The molecule has 1 aliphatic carbocycles. The molecular weight excluding hydrogens is 178 g/mol. The quantitative estimate of drug-likeness (QED) is 0.724. The Balaban J connectivity index is 1.94. The predicted molar refractivity (Wildman–Crippen MR) is 51.6 cm³/mol. The number of aliphatic hydroxyl groups excluding tert-OH is 1. The van der Waals surface area contributed by atoms with Crippen LogP contribution in [0.3, 0.4) is 0 Å². The van der Waals surface area contributed by atoms with Crippen molar-refractivity contribution in [3.05, 3.63) is 24.0 Å². The zero-order valence-electron chi connectivity index (χ0n) is 7.64. The summed E-state index contributed by atoms with van der Waals surface area (Å²) < 4.78 is 0. The standard InChI is InChI=1S/C10H11N3O/c11-5-7-1-2-8(6-12-7)13-9-3-10(14)4-9/h1-2,6,9-10,13-14H,3-4H2. The van der Waals surface area contributed by atoms with Gasteiger partial charge in [-0.25, -0.2) is 4.98 Å². The molecule has 2 rings (SSSR count). The molecule has 0 aliphatic heterocycles. The smallest absolute Gasteiger partial charge is 0.140 e. The van der Waals surface area contributed by atoms with E-state index < -0.39 is 0 Å². The fraction of sp³-hybridized carbons (Fsp3) is 0.400. The van der Waals surface area contributed by atoms with Crippen LogP contribution in [0.25, 0.3) is 0 Å². The van der Waals surface area contributed by atoms with Gasteiger partial charge in [-0.05, 0) is 25.0 Å². The van der Waals surface area contributed by atoms with Crippen molar-refractivity contribution in [2.24, 2.45) is 0 Å². The first-order valence-electron chi connectivity index (χ1n) is 4.58. The van der Waals surface area contributed by atoms with Gasteiger partial charge in [0.15, 0.2) is 0 Å². The molecule has 1 aromatic heterocycles. The predicted octanol–water partition coefficient (Wildman–Crippen LogP) is 0.888. The molecule has 0 saturated heterocycles. The normalized spacial score (nSPS) is 24.9. The molecule has 0 amide bonds. The average molecular weight is 189 g/mol. The van der Waals surface area contributed by atoms with Crippen LogP contribution in [0.1, 0.15) is 18.5 Å². The summed E-state index contributed by atoms with van der Waals surface area (Å²) in [7, 11) is 0. The maximum absolute atomic E-state index is 9.08. The first kappa shape index (κ1) is 8.97. The number of nitrogens with zero attached hydrogens (tertiary/aromatic N) is 2. The molecular formula is C10H11N3O. The highest BCUT2D eigenvalue weighted by molar-refractivity contribution is 5.44. The molecule has 0 spiro atoms. The topological polar surface area (TPSA) is 68.9 Å². The molecule has 2 N–H and O–H groups in total. The van der Waals surface area contributed by atoms with E-state index in [1.54, 1.807) is 12.3 Å². The van der Waals surface area contributed by atoms with Crippen LogP contribution in [-0.4, -0.2) is 22.2 Å². The van der Waals surface area contributed by atoms with Crippen LogP contribution in [0.2, 0.25) is 0 Å². The lowest BCUT2D eigenvalue weighted by Crippen LogP contribution is -2.38. The van der Waals surface area contributed by atoms with Crippen molar-refractivity contribution in [3.8, 4) is 6.07 Å². The Kier molecular flexibility index (Phi) is 2.33. The van der Waals surface area contributed by atoms with Gasteiger partial charge < -0.3 is 10.4 Å². The van der Waals surface area contributed by atoms with Gasteiger partial charge in [0.1, 0.15) is 11.8 Å². The molecule has 0 bridgehead atoms. The fourth-order valence-electron chi connectivity index (χ4n) is 1.49. The molecule has 0 atom stereocenters. The Morgan fingerprint density at radius 2 is 2.29 bits per heavy atom. The molecule has 4 nitrogen and oxygen atoms in total. The minimum atomic E-state index is -0.154. The van der Waals surface area contributed by atoms with Gasteiger partial charge in [-0.3, -0.25) is 0 Å². The number of anilines is 1. The highest BCUT2D eigenvalue weighted by Gasteiger charge is 2.26. The summed E-state index contributed by atoms with van der Waals surface area (Å²) in [6, 6.07) is 5.82. The van der Waals surface area contributed by atoms with Crippen LogP contribution in [0, 0.1) is 11.3 Å². The van der Waals surface area contributed by atoms with Gasteiger partial charge in [0, 0.05) is 6.04 Å². The number of aromatic nitrogens is 1. The summed E-state index contributed by atoms with van der Waals surface area (Å²) in [5.41, 5.74) is 1.32. The SMILES string of the molecule is N#Cc1ccc(NC2CC(O)C2)cn1. The second-order valence-corrected chi connectivity index (χ2v) is 3.51. The molecule has 1 aromatic rings. The fourth-order valence-corrected chi connectivity index (χ4v) is 1.49. The Morgan fingerprint density at radius 1 is 1.50 bits per heavy atom. The molecule has 0 aromatic carbocycles. The molecule has 4 heteroatoms. The van der Waals surface area contributed by atoms with E-state index in [0.717, 1.165) is 18.5 Å². The van der Waals surface area contributed by atoms with Crippen LogP contribution in [-0.2, 0) is 0 Å². The van der Waals surface area contributed by atoms with Gasteiger partial charge in [-0.2, -0.15) is 5.26 Å². The van der Waals surface area contributed by atoms with Gasteiger partial charge in [0.2, 0.25) is 0 Å². The third kappa shape index (κ3) is 1.83. The molecule has 14 heavy (non-hydrogen) atoms. The Labute approximate surface area is 82.2 Å². The Morgan fingerprint density at radius 3 is 2.79 bits per heavy atom. The molecule has 1 fully saturated rings. The van der Waals surface area contributed by atoms with Gasteiger partial charge >= 0.3 is 0 Å². The van der Waals surface area contributed by atoms with Crippen molar-refractivity contribution in [2.75, 3.05) is 5.32 Å². The average Bonchev–Trinajstić information content (AvgIpc) is 2.17. The zero-order valence-corrected chi connectivity index (χ0v) is 7.64. The van der Waals surface area contributed by atoms with Gasteiger partial charge in [-0.15, -0.1) is 0 Å². The summed E-state index contributed by atoms with van der Waals surface area (Å²) in [4.78, 5) is 3.94. The third-order valence-corrected chi connectivity index (χ3v) is 2.36. The highest BCUT2D eigenvalue weighted by Crippen LogP contribution is 2.23. The Bertz CT molecular complexity index is 349. The van der Waals surface area contributed by atoms with E-state index >= 15 is 0 Å². The summed E-state index contributed by atoms with van der Waals surface area (Å²) in [5.74, 6) is 0. The zero-order chi connectivity index (χ0) is 9.97. The van der Waals surface area contributed by atoms with Crippen molar-refractivity contribution >= 4 is 5.69 Å². The first-order valence-corrected chi connectivity index (χ1v) is 4.58. The molecule has 1 saturated carbocycles.